The molecule has 0 saturated heterocycles. The highest BCUT2D eigenvalue weighted by molar-refractivity contribution is 7.17. The van der Waals surface area contributed by atoms with E-state index < -0.39 is 0 Å². The highest BCUT2D eigenvalue weighted by atomic mass is 32.1. The number of aromatic nitrogens is 1. The van der Waals surface area contributed by atoms with Gasteiger partial charge in [-0.3, -0.25) is 4.79 Å². The van der Waals surface area contributed by atoms with Gasteiger partial charge < -0.3 is 5.32 Å². The number of hydrogen-bond acceptors (Lipinski definition) is 4. The van der Waals surface area contributed by atoms with Gasteiger partial charge >= 0.3 is 0 Å². The van der Waals surface area contributed by atoms with Gasteiger partial charge in [-0.2, -0.15) is 0 Å². The van der Waals surface area contributed by atoms with Gasteiger partial charge in [0, 0.05) is 6.92 Å². The van der Waals surface area contributed by atoms with Crippen molar-refractivity contribution in [3.63, 3.8) is 0 Å². The molecule has 0 bridgehead atoms. The predicted molar refractivity (Wildman–Crippen MR) is 75.3 cm³/mol. The van der Waals surface area contributed by atoms with Crippen LogP contribution in [0.15, 0.2) is 30.3 Å². The number of aryl methyl sites for hydroxylation is 1. The van der Waals surface area contributed by atoms with E-state index in [2.05, 4.69) is 29.4 Å². The number of nitrogens with zero attached hydrogens (tertiary/aromatic N) is 1. The van der Waals surface area contributed by atoms with E-state index in [9.17, 15) is 4.79 Å². The average molecular weight is 260 g/mol. The Morgan fingerprint density at radius 2 is 2.00 bits per heavy atom. The zero-order chi connectivity index (χ0) is 13.1. The van der Waals surface area contributed by atoms with Crippen molar-refractivity contribution in [3.05, 3.63) is 46.5 Å². The van der Waals surface area contributed by atoms with Crippen LogP contribution in [0.5, 0.6) is 0 Å². The lowest BCUT2D eigenvalue weighted by molar-refractivity contribution is 0.102. The maximum absolute atomic E-state index is 11.4. The molecule has 0 spiro atoms. The smallest absolute Gasteiger partial charge is 0.184 e. The van der Waals surface area contributed by atoms with Crippen LogP contribution in [0.2, 0.25) is 0 Å². The first-order valence-electron chi connectivity index (χ1n) is 5.87. The number of ketones is 1. The van der Waals surface area contributed by atoms with Crippen LogP contribution >= 0.6 is 11.3 Å². The van der Waals surface area contributed by atoms with E-state index in [-0.39, 0.29) is 11.8 Å². The summed E-state index contributed by atoms with van der Waals surface area (Å²) in [6.45, 7) is 5.52. The number of benzene rings is 1. The minimum Gasteiger partial charge on any atom is -0.355 e. The second kappa shape index (κ2) is 5.31. The minimum absolute atomic E-state index is 0.0745. The lowest BCUT2D eigenvalue weighted by Gasteiger charge is -2.12. The average Bonchev–Trinajstić information content (AvgIpc) is 2.71. The highest BCUT2D eigenvalue weighted by Gasteiger charge is 2.13. The molecular weight excluding hydrogens is 244 g/mol. The van der Waals surface area contributed by atoms with Gasteiger partial charge in [-0.1, -0.05) is 41.7 Å². The molecule has 94 valence electrons. The molecule has 1 N–H and O–H groups in total. The van der Waals surface area contributed by atoms with E-state index in [0.29, 0.717) is 0 Å². The van der Waals surface area contributed by atoms with Gasteiger partial charge in [-0.05, 0) is 19.4 Å². The first kappa shape index (κ1) is 12.8. The van der Waals surface area contributed by atoms with Crippen molar-refractivity contribution in [2.45, 2.75) is 26.8 Å². The Morgan fingerprint density at radius 3 is 2.56 bits per heavy atom. The van der Waals surface area contributed by atoms with Crippen LogP contribution in [0.25, 0.3) is 0 Å². The maximum atomic E-state index is 11.4. The first-order valence-corrected chi connectivity index (χ1v) is 6.69. The van der Waals surface area contributed by atoms with Crippen LogP contribution in [0.3, 0.4) is 0 Å². The number of thiazole rings is 1. The van der Waals surface area contributed by atoms with Crippen LogP contribution < -0.4 is 5.32 Å². The quantitative estimate of drug-likeness (QED) is 0.849. The Bertz CT molecular complexity index is 548. The molecule has 0 aliphatic heterocycles. The monoisotopic (exact) mass is 260 g/mol. The molecule has 0 amide bonds. The number of carbonyl (C=O) groups is 1. The third-order valence-corrected chi connectivity index (χ3v) is 3.95. The summed E-state index contributed by atoms with van der Waals surface area (Å²) >= 11 is 1.42. The van der Waals surface area contributed by atoms with Gasteiger partial charge in [0.25, 0.3) is 0 Å². The van der Waals surface area contributed by atoms with Crippen LogP contribution in [0.4, 0.5) is 5.13 Å². The van der Waals surface area contributed by atoms with Crippen molar-refractivity contribution < 1.29 is 4.79 Å². The van der Waals surface area contributed by atoms with Gasteiger partial charge in [0.2, 0.25) is 0 Å². The summed E-state index contributed by atoms with van der Waals surface area (Å²) in [5, 5.41) is 4.13. The van der Waals surface area contributed by atoms with E-state index in [1.165, 1.54) is 16.9 Å². The molecule has 0 aliphatic carbocycles. The SMILES string of the molecule is CC(=O)c1sc(N[C@H](C)c2ccccc2)nc1C. The Kier molecular flexibility index (Phi) is 3.77. The minimum atomic E-state index is 0.0745. The van der Waals surface area contributed by atoms with Crippen molar-refractivity contribution in [1.82, 2.24) is 4.98 Å². The van der Waals surface area contributed by atoms with Gasteiger partial charge in [-0.15, -0.1) is 0 Å². The number of hydrogen-bond donors (Lipinski definition) is 1. The Hall–Kier alpha value is -1.68. The van der Waals surface area contributed by atoms with Crippen molar-refractivity contribution in [2.75, 3.05) is 5.32 Å². The lowest BCUT2D eigenvalue weighted by atomic mass is 10.1. The molecule has 0 saturated carbocycles. The van der Waals surface area contributed by atoms with Crippen molar-refractivity contribution in [3.8, 4) is 0 Å². The Morgan fingerprint density at radius 1 is 1.33 bits per heavy atom. The Balaban J connectivity index is 2.15. The molecular formula is C14H16N2OS. The fourth-order valence-corrected chi connectivity index (χ4v) is 2.74. The summed E-state index contributed by atoms with van der Waals surface area (Å²) < 4.78 is 0. The van der Waals surface area contributed by atoms with Crippen LogP contribution in [0, 0.1) is 6.92 Å². The van der Waals surface area contributed by atoms with Crippen LogP contribution in [0.1, 0.15) is 40.8 Å². The van der Waals surface area contributed by atoms with E-state index in [4.69, 9.17) is 0 Å². The van der Waals surface area contributed by atoms with Crippen molar-refractivity contribution in [1.29, 1.82) is 0 Å². The zero-order valence-corrected chi connectivity index (χ0v) is 11.5. The maximum Gasteiger partial charge on any atom is 0.184 e. The normalized spacial score (nSPS) is 12.2. The fourth-order valence-electron chi connectivity index (χ4n) is 1.80. The fraction of sp³-hybridized carbons (Fsp3) is 0.286. The molecule has 2 rings (SSSR count). The first-order chi connectivity index (χ1) is 8.58. The molecule has 1 aromatic heterocycles. The summed E-state index contributed by atoms with van der Waals surface area (Å²) in [6.07, 6.45) is 0. The van der Waals surface area contributed by atoms with Crippen LogP contribution in [-0.4, -0.2) is 10.8 Å². The third kappa shape index (κ3) is 2.76. The largest absolute Gasteiger partial charge is 0.355 e. The molecule has 1 aromatic carbocycles. The van der Waals surface area contributed by atoms with Gasteiger partial charge in [0.1, 0.15) is 0 Å². The molecule has 3 nitrogen and oxygen atoms in total. The second-order valence-corrected chi connectivity index (χ2v) is 5.27. The van der Waals surface area contributed by atoms with Crippen molar-refractivity contribution >= 4 is 22.3 Å². The van der Waals surface area contributed by atoms with E-state index in [1.54, 1.807) is 6.92 Å². The summed E-state index contributed by atoms with van der Waals surface area (Å²) in [5.41, 5.74) is 2.00. The summed E-state index contributed by atoms with van der Waals surface area (Å²) in [5.74, 6) is 0.0745. The van der Waals surface area contributed by atoms with E-state index in [1.807, 2.05) is 25.1 Å². The van der Waals surface area contributed by atoms with E-state index in [0.717, 1.165) is 15.7 Å². The van der Waals surface area contributed by atoms with Gasteiger partial charge in [-0.25, -0.2) is 4.98 Å². The summed E-state index contributed by atoms with van der Waals surface area (Å²) in [7, 11) is 0. The zero-order valence-electron chi connectivity index (χ0n) is 10.7. The topological polar surface area (TPSA) is 42.0 Å². The lowest BCUT2D eigenvalue weighted by Crippen LogP contribution is -2.05. The number of rotatable bonds is 4. The molecule has 0 radical (unpaired) electrons. The molecule has 1 heterocycles. The molecule has 0 fully saturated rings. The number of Topliss-reactive ketones (excluding diaryl/α,β-unsaturated/α-hetero) is 1. The molecule has 18 heavy (non-hydrogen) atoms. The second-order valence-electron chi connectivity index (χ2n) is 4.27. The summed E-state index contributed by atoms with van der Waals surface area (Å²) in [4.78, 5) is 16.5. The predicted octanol–water partition coefficient (Wildman–Crippen LogP) is 3.83. The van der Waals surface area contributed by atoms with E-state index >= 15 is 0 Å². The number of anilines is 1. The molecule has 0 unspecified atom stereocenters. The number of nitrogens with one attached hydrogen (secondary N) is 1. The molecule has 1 atom stereocenters. The van der Waals surface area contributed by atoms with Gasteiger partial charge in [0.05, 0.1) is 16.6 Å². The third-order valence-electron chi connectivity index (χ3n) is 2.76. The van der Waals surface area contributed by atoms with Crippen LogP contribution in [-0.2, 0) is 0 Å². The van der Waals surface area contributed by atoms with Gasteiger partial charge in [0.15, 0.2) is 10.9 Å². The number of carbonyl (C=O) groups excluding carboxylic acids is 1. The molecule has 0 aliphatic rings. The summed E-state index contributed by atoms with van der Waals surface area (Å²) in [6, 6.07) is 10.4. The van der Waals surface area contributed by atoms with Crippen molar-refractivity contribution in [2.24, 2.45) is 0 Å². The molecule has 4 heteroatoms. The Labute approximate surface area is 111 Å². The standard InChI is InChI=1S/C14H16N2OS/c1-9(12-7-5-4-6-8-12)15-14-16-10(2)13(18-14)11(3)17/h4-9H,1-3H3,(H,15,16)/t9-/m1/s1. The molecule has 2 aromatic rings. The highest BCUT2D eigenvalue weighted by Crippen LogP contribution is 2.26.